The Labute approximate surface area is 141 Å². The molecule has 2 aromatic rings. The van der Waals surface area contributed by atoms with Gasteiger partial charge in [0.15, 0.2) is 0 Å². The molecule has 0 aliphatic carbocycles. The normalized spacial score (nSPS) is 11.8. The van der Waals surface area contributed by atoms with Crippen LogP contribution in [0.15, 0.2) is 18.2 Å². The molecule has 0 unspecified atom stereocenters. The van der Waals surface area contributed by atoms with E-state index in [1.54, 1.807) is 0 Å². The van der Waals surface area contributed by atoms with Crippen molar-refractivity contribution in [1.82, 2.24) is 4.57 Å². The molecule has 21 heavy (non-hydrogen) atoms. The van der Waals surface area contributed by atoms with E-state index in [0.717, 1.165) is 38.4 Å². The number of fused-ring (bicyclic) bond motifs is 1. The first-order chi connectivity index (χ1) is 9.83. The van der Waals surface area contributed by atoms with Crippen LogP contribution in [0.4, 0.5) is 0 Å². The third kappa shape index (κ3) is 3.87. The van der Waals surface area contributed by atoms with Crippen molar-refractivity contribution in [2.24, 2.45) is 0 Å². The first-order valence-electron chi connectivity index (χ1n) is 7.09. The molecule has 0 aliphatic heterocycles. The van der Waals surface area contributed by atoms with Crippen LogP contribution in [0.5, 0.6) is 0 Å². The van der Waals surface area contributed by atoms with E-state index >= 15 is 0 Å². The van der Waals surface area contributed by atoms with Gasteiger partial charge in [-0.3, -0.25) is 0 Å². The predicted octanol–water partition coefficient (Wildman–Crippen LogP) is 4.74. The molecule has 3 nitrogen and oxygen atoms in total. The van der Waals surface area contributed by atoms with Crippen molar-refractivity contribution in [3.05, 3.63) is 33.0 Å². The Morgan fingerprint density at radius 3 is 2.67 bits per heavy atom. The van der Waals surface area contributed by atoms with E-state index in [4.69, 9.17) is 4.74 Å². The number of halogens is 1. The number of hydrogen-bond acceptors (Lipinski definition) is 2. The molecule has 0 fully saturated rings. The topological polar surface area (TPSA) is 38.0 Å². The van der Waals surface area contributed by atoms with Gasteiger partial charge in [-0.2, -0.15) is 5.26 Å². The second-order valence-corrected chi connectivity index (χ2v) is 13.4. The minimum atomic E-state index is -1.06. The fourth-order valence-corrected chi connectivity index (χ4v) is 3.54. The summed E-state index contributed by atoms with van der Waals surface area (Å²) in [6.07, 6.45) is 0. The highest BCUT2D eigenvalue weighted by Gasteiger charge is 2.15. The standard InChI is InChI=1S/C16H21IN2OSi/c1-12-15(10-18)14-9-13(17)5-6-16(14)19(12)11-20-7-8-21(2,3)4/h5-6,9H,7-8,11H2,1-4H3. The predicted molar refractivity (Wildman–Crippen MR) is 98.2 cm³/mol. The summed E-state index contributed by atoms with van der Waals surface area (Å²) in [5.74, 6) is 0. The molecular weight excluding hydrogens is 391 g/mol. The average Bonchev–Trinajstić information content (AvgIpc) is 2.65. The zero-order valence-electron chi connectivity index (χ0n) is 13.0. The second kappa shape index (κ2) is 6.51. The lowest BCUT2D eigenvalue weighted by molar-refractivity contribution is 0.0890. The highest BCUT2D eigenvalue weighted by atomic mass is 127. The van der Waals surface area contributed by atoms with Crippen LogP contribution < -0.4 is 0 Å². The van der Waals surface area contributed by atoms with E-state index in [1.165, 1.54) is 0 Å². The Morgan fingerprint density at radius 2 is 2.05 bits per heavy atom. The van der Waals surface area contributed by atoms with Gasteiger partial charge in [-0.15, -0.1) is 0 Å². The van der Waals surface area contributed by atoms with E-state index in [9.17, 15) is 5.26 Å². The maximum absolute atomic E-state index is 9.40. The summed E-state index contributed by atoms with van der Waals surface area (Å²) in [6, 6.07) is 9.71. The van der Waals surface area contributed by atoms with Crippen molar-refractivity contribution < 1.29 is 4.74 Å². The monoisotopic (exact) mass is 412 g/mol. The SMILES string of the molecule is Cc1c(C#N)c2cc(I)ccc2n1COCC[Si](C)(C)C. The van der Waals surface area contributed by atoms with Crippen LogP contribution in [0, 0.1) is 21.8 Å². The van der Waals surface area contributed by atoms with Gasteiger partial charge in [0.1, 0.15) is 12.8 Å². The molecule has 112 valence electrons. The molecule has 0 saturated heterocycles. The fraction of sp³-hybridized carbons (Fsp3) is 0.438. The first kappa shape index (κ1) is 16.5. The summed E-state index contributed by atoms with van der Waals surface area (Å²) >= 11 is 2.28. The van der Waals surface area contributed by atoms with E-state index in [-0.39, 0.29) is 0 Å². The number of aromatic nitrogens is 1. The van der Waals surface area contributed by atoms with Crippen molar-refractivity contribution in [3.63, 3.8) is 0 Å². The lowest BCUT2D eigenvalue weighted by Gasteiger charge is -2.16. The van der Waals surface area contributed by atoms with E-state index in [1.807, 2.05) is 6.92 Å². The lowest BCUT2D eigenvalue weighted by atomic mass is 10.1. The summed E-state index contributed by atoms with van der Waals surface area (Å²) in [7, 11) is -1.06. The van der Waals surface area contributed by atoms with E-state index < -0.39 is 8.07 Å². The molecule has 2 rings (SSSR count). The van der Waals surface area contributed by atoms with Gasteiger partial charge < -0.3 is 9.30 Å². The molecule has 1 heterocycles. The zero-order valence-corrected chi connectivity index (χ0v) is 16.2. The smallest absolute Gasteiger partial charge is 0.123 e. The van der Waals surface area contributed by atoms with Gasteiger partial charge in [-0.1, -0.05) is 19.6 Å². The van der Waals surface area contributed by atoms with Crippen molar-refractivity contribution in [3.8, 4) is 6.07 Å². The van der Waals surface area contributed by atoms with Gasteiger partial charge in [0, 0.05) is 29.3 Å². The third-order valence-electron chi connectivity index (χ3n) is 3.61. The number of hydrogen-bond donors (Lipinski definition) is 0. The Kier molecular flexibility index (Phi) is 5.12. The van der Waals surface area contributed by atoms with Gasteiger partial charge in [-0.05, 0) is 53.8 Å². The molecule has 0 radical (unpaired) electrons. The molecule has 0 spiro atoms. The number of ether oxygens (including phenoxy) is 1. The number of benzene rings is 1. The van der Waals surface area contributed by atoms with Crippen LogP contribution in [0.1, 0.15) is 11.3 Å². The van der Waals surface area contributed by atoms with Gasteiger partial charge >= 0.3 is 0 Å². The van der Waals surface area contributed by atoms with Crippen LogP contribution >= 0.6 is 22.6 Å². The second-order valence-electron chi connectivity index (χ2n) is 6.51. The lowest BCUT2D eigenvalue weighted by Crippen LogP contribution is -2.22. The summed E-state index contributed by atoms with van der Waals surface area (Å²) < 4.78 is 9.11. The fourth-order valence-electron chi connectivity index (χ4n) is 2.30. The van der Waals surface area contributed by atoms with E-state index in [0.29, 0.717) is 6.73 Å². The molecule has 0 N–H and O–H groups in total. The summed E-state index contributed by atoms with van der Waals surface area (Å²) in [6.45, 7) is 10.4. The zero-order chi connectivity index (χ0) is 15.6. The molecule has 1 aromatic carbocycles. The summed E-state index contributed by atoms with van der Waals surface area (Å²) in [5, 5.41) is 10.4. The Morgan fingerprint density at radius 1 is 1.33 bits per heavy atom. The molecule has 0 aliphatic rings. The van der Waals surface area contributed by atoms with Crippen LogP contribution in [0.25, 0.3) is 10.9 Å². The molecule has 0 atom stereocenters. The van der Waals surface area contributed by atoms with Crippen LogP contribution in [0.3, 0.4) is 0 Å². The minimum absolute atomic E-state index is 0.523. The summed E-state index contributed by atoms with van der Waals surface area (Å²) in [5.41, 5.74) is 2.83. The van der Waals surface area contributed by atoms with Crippen molar-refractivity contribution in [1.29, 1.82) is 5.26 Å². The molecule has 5 heteroatoms. The van der Waals surface area contributed by atoms with Crippen molar-refractivity contribution in [2.75, 3.05) is 6.61 Å². The van der Waals surface area contributed by atoms with Crippen LogP contribution in [-0.2, 0) is 11.5 Å². The van der Waals surface area contributed by atoms with Crippen molar-refractivity contribution in [2.45, 2.75) is 39.3 Å². The average molecular weight is 412 g/mol. The molecule has 0 bridgehead atoms. The highest BCUT2D eigenvalue weighted by Crippen LogP contribution is 2.27. The van der Waals surface area contributed by atoms with Gasteiger partial charge in [0.2, 0.25) is 0 Å². The first-order valence-corrected chi connectivity index (χ1v) is 11.9. The number of nitrogens with zero attached hydrogens (tertiary/aromatic N) is 2. The number of rotatable bonds is 5. The molecule has 0 saturated carbocycles. The highest BCUT2D eigenvalue weighted by molar-refractivity contribution is 14.1. The molecular formula is C16H21IN2OSi. The largest absolute Gasteiger partial charge is 0.361 e. The third-order valence-corrected chi connectivity index (χ3v) is 5.99. The van der Waals surface area contributed by atoms with Gasteiger partial charge in [-0.25, -0.2) is 0 Å². The van der Waals surface area contributed by atoms with Crippen LogP contribution in [0.2, 0.25) is 25.7 Å². The quantitative estimate of drug-likeness (QED) is 0.404. The Bertz CT molecular complexity index is 695. The minimum Gasteiger partial charge on any atom is -0.361 e. The van der Waals surface area contributed by atoms with Crippen molar-refractivity contribution >= 4 is 41.6 Å². The van der Waals surface area contributed by atoms with Gasteiger partial charge in [0.05, 0.1) is 11.1 Å². The molecule has 1 aromatic heterocycles. The van der Waals surface area contributed by atoms with E-state index in [2.05, 4.69) is 71.1 Å². The Balaban J connectivity index is 2.24. The van der Waals surface area contributed by atoms with Crippen LogP contribution in [-0.4, -0.2) is 19.2 Å². The number of nitriles is 1. The maximum atomic E-state index is 9.40. The van der Waals surface area contributed by atoms with Gasteiger partial charge in [0.25, 0.3) is 0 Å². The summed E-state index contributed by atoms with van der Waals surface area (Å²) in [4.78, 5) is 0. The Hall–Kier alpha value is -0.843. The maximum Gasteiger partial charge on any atom is 0.123 e. The molecule has 0 amide bonds.